The van der Waals surface area contributed by atoms with Crippen LogP contribution in [0, 0.1) is 12.7 Å². The molecule has 20 heavy (non-hydrogen) atoms. The van der Waals surface area contributed by atoms with Crippen molar-refractivity contribution in [2.75, 3.05) is 13.1 Å². The lowest BCUT2D eigenvalue weighted by molar-refractivity contribution is 0.328. The van der Waals surface area contributed by atoms with Crippen LogP contribution < -0.4 is 5.73 Å². The molecule has 1 aliphatic heterocycles. The second-order valence-corrected chi connectivity index (χ2v) is 7.12. The predicted octanol–water partition coefficient (Wildman–Crippen LogP) is 2.03. The summed E-state index contributed by atoms with van der Waals surface area (Å²) in [5, 5.41) is 0. The normalized spacial score (nSPS) is 21.6. The van der Waals surface area contributed by atoms with E-state index in [1.807, 2.05) is 0 Å². The maximum Gasteiger partial charge on any atom is 0.243 e. The van der Waals surface area contributed by atoms with Crippen molar-refractivity contribution in [1.82, 2.24) is 4.31 Å². The van der Waals surface area contributed by atoms with Gasteiger partial charge in [0.25, 0.3) is 0 Å². The first-order chi connectivity index (χ1) is 9.46. The molecule has 2 N–H and O–H groups in total. The summed E-state index contributed by atoms with van der Waals surface area (Å²) >= 11 is 0. The van der Waals surface area contributed by atoms with Crippen molar-refractivity contribution >= 4 is 10.0 Å². The molecule has 0 spiro atoms. The van der Waals surface area contributed by atoms with E-state index in [4.69, 9.17) is 5.73 Å². The van der Waals surface area contributed by atoms with Gasteiger partial charge in [-0.25, -0.2) is 12.8 Å². The molecule has 1 aromatic carbocycles. The molecule has 1 aromatic rings. The van der Waals surface area contributed by atoms with Crippen LogP contribution >= 0.6 is 0 Å². The summed E-state index contributed by atoms with van der Waals surface area (Å²) in [6.45, 7) is 2.42. The molecule has 0 aliphatic carbocycles. The van der Waals surface area contributed by atoms with Gasteiger partial charge in [0.1, 0.15) is 5.82 Å². The Bertz CT molecular complexity index is 575. The third kappa shape index (κ3) is 3.02. The number of rotatable bonds is 3. The topological polar surface area (TPSA) is 63.4 Å². The minimum Gasteiger partial charge on any atom is -0.329 e. The summed E-state index contributed by atoms with van der Waals surface area (Å²) in [5.41, 5.74) is 6.17. The average Bonchev–Trinajstić information content (AvgIpc) is 2.63. The van der Waals surface area contributed by atoms with Crippen molar-refractivity contribution < 1.29 is 12.8 Å². The van der Waals surface area contributed by atoms with E-state index in [-0.39, 0.29) is 10.9 Å². The van der Waals surface area contributed by atoms with Crippen molar-refractivity contribution in [3.05, 3.63) is 29.6 Å². The highest BCUT2D eigenvalue weighted by Crippen LogP contribution is 2.26. The van der Waals surface area contributed by atoms with Gasteiger partial charge >= 0.3 is 0 Å². The summed E-state index contributed by atoms with van der Waals surface area (Å²) in [5.74, 6) is -0.423. The van der Waals surface area contributed by atoms with Crippen LogP contribution in [0.2, 0.25) is 0 Å². The SMILES string of the molecule is Cc1cc(F)ccc1S(=O)(=O)N1CCCCCC1CN. The zero-order chi connectivity index (χ0) is 14.8. The third-order valence-corrected chi connectivity index (χ3v) is 5.93. The van der Waals surface area contributed by atoms with Crippen LogP contribution in [-0.2, 0) is 10.0 Å². The quantitative estimate of drug-likeness (QED) is 0.929. The Hall–Kier alpha value is -0.980. The minimum atomic E-state index is -3.61. The molecule has 1 unspecified atom stereocenters. The van der Waals surface area contributed by atoms with Gasteiger partial charge in [-0.2, -0.15) is 4.31 Å². The number of nitrogens with zero attached hydrogens (tertiary/aromatic N) is 1. The number of aryl methyl sites for hydroxylation is 1. The molecule has 1 atom stereocenters. The number of hydrogen-bond acceptors (Lipinski definition) is 3. The van der Waals surface area contributed by atoms with E-state index in [1.54, 1.807) is 6.92 Å². The Kier molecular flexibility index (Phi) is 4.78. The van der Waals surface area contributed by atoms with Crippen molar-refractivity contribution in [3.63, 3.8) is 0 Å². The van der Waals surface area contributed by atoms with E-state index >= 15 is 0 Å². The first kappa shape index (κ1) is 15.4. The zero-order valence-electron chi connectivity index (χ0n) is 11.7. The molecule has 0 amide bonds. The number of hydrogen-bond donors (Lipinski definition) is 1. The third-order valence-electron chi connectivity index (χ3n) is 3.82. The number of halogens is 1. The maximum atomic E-state index is 13.2. The first-order valence-corrected chi connectivity index (χ1v) is 8.39. The Morgan fingerprint density at radius 2 is 2.10 bits per heavy atom. The largest absolute Gasteiger partial charge is 0.329 e. The molecule has 0 saturated carbocycles. The molecular weight excluding hydrogens is 279 g/mol. The molecule has 1 fully saturated rings. The molecule has 4 nitrogen and oxygen atoms in total. The Labute approximate surface area is 119 Å². The summed E-state index contributed by atoms with van der Waals surface area (Å²) < 4.78 is 40.2. The summed E-state index contributed by atoms with van der Waals surface area (Å²) in [6, 6.07) is 3.63. The molecule has 1 aliphatic rings. The van der Waals surface area contributed by atoms with Gasteiger partial charge in [-0.15, -0.1) is 0 Å². The summed E-state index contributed by atoms with van der Waals surface area (Å²) in [7, 11) is -3.61. The Balaban J connectivity index is 2.41. The molecule has 0 radical (unpaired) electrons. The highest BCUT2D eigenvalue weighted by atomic mass is 32.2. The van der Waals surface area contributed by atoms with E-state index < -0.39 is 15.8 Å². The van der Waals surface area contributed by atoms with Crippen LogP contribution in [0.5, 0.6) is 0 Å². The molecular formula is C14H21FN2O2S. The number of sulfonamides is 1. The van der Waals surface area contributed by atoms with Gasteiger partial charge < -0.3 is 5.73 Å². The Morgan fingerprint density at radius 3 is 2.75 bits per heavy atom. The second kappa shape index (κ2) is 6.20. The summed E-state index contributed by atoms with van der Waals surface area (Å²) in [6.07, 6.45) is 3.65. The minimum absolute atomic E-state index is 0.160. The van der Waals surface area contributed by atoms with E-state index in [0.29, 0.717) is 18.7 Å². The molecule has 6 heteroatoms. The average molecular weight is 300 g/mol. The van der Waals surface area contributed by atoms with Gasteiger partial charge in [0.15, 0.2) is 0 Å². The predicted molar refractivity (Wildman–Crippen MR) is 76.3 cm³/mol. The van der Waals surface area contributed by atoms with Gasteiger partial charge in [-0.3, -0.25) is 0 Å². The van der Waals surface area contributed by atoms with Crippen molar-refractivity contribution in [3.8, 4) is 0 Å². The second-order valence-electron chi connectivity index (χ2n) is 5.26. The van der Waals surface area contributed by atoms with Crippen LogP contribution in [0.1, 0.15) is 31.2 Å². The first-order valence-electron chi connectivity index (χ1n) is 6.95. The Morgan fingerprint density at radius 1 is 1.35 bits per heavy atom. The van der Waals surface area contributed by atoms with Crippen LogP contribution in [0.25, 0.3) is 0 Å². The zero-order valence-corrected chi connectivity index (χ0v) is 12.5. The van der Waals surface area contributed by atoms with Crippen LogP contribution in [-0.4, -0.2) is 31.9 Å². The molecule has 1 heterocycles. The van der Waals surface area contributed by atoms with E-state index in [0.717, 1.165) is 25.7 Å². The van der Waals surface area contributed by atoms with Crippen LogP contribution in [0.4, 0.5) is 4.39 Å². The number of nitrogens with two attached hydrogens (primary N) is 1. The monoisotopic (exact) mass is 300 g/mol. The lowest BCUT2D eigenvalue weighted by atomic mass is 10.1. The van der Waals surface area contributed by atoms with Gasteiger partial charge in [0.05, 0.1) is 4.90 Å². The fraction of sp³-hybridized carbons (Fsp3) is 0.571. The van der Waals surface area contributed by atoms with Gasteiger partial charge in [-0.1, -0.05) is 12.8 Å². The number of benzene rings is 1. The standard InChI is InChI=1S/C14H21FN2O2S/c1-11-9-12(15)6-7-14(11)20(18,19)17-8-4-2-3-5-13(17)10-16/h6-7,9,13H,2-5,8,10,16H2,1H3. The van der Waals surface area contributed by atoms with Gasteiger partial charge in [0.2, 0.25) is 10.0 Å². The van der Waals surface area contributed by atoms with Crippen molar-refractivity contribution in [2.45, 2.75) is 43.5 Å². The highest BCUT2D eigenvalue weighted by molar-refractivity contribution is 7.89. The smallest absolute Gasteiger partial charge is 0.243 e. The van der Waals surface area contributed by atoms with E-state index in [9.17, 15) is 12.8 Å². The molecule has 1 saturated heterocycles. The van der Waals surface area contributed by atoms with Crippen LogP contribution in [0.15, 0.2) is 23.1 Å². The van der Waals surface area contributed by atoms with Crippen molar-refractivity contribution in [2.24, 2.45) is 5.73 Å². The lowest BCUT2D eigenvalue weighted by Gasteiger charge is -2.28. The van der Waals surface area contributed by atoms with E-state index in [2.05, 4.69) is 0 Å². The lowest BCUT2D eigenvalue weighted by Crippen LogP contribution is -2.44. The fourth-order valence-electron chi connectivity index (χ4n) is 2.73. The van der Waals surface area contributed by atoms with Crippen molar-refractivity contribution in [1.29, 1.82) is 0 Å². The fourth-order valence-corrected chi connectivity index (χ4v) is 4.64. The molecule has 0 bridgehead atoms. The summed E-state index contributed by atoms with van der Waals surface area (Å²) in [4.78, 5) is 0.180. The van der Waals surface area contributed by atoms with Crippen LogP contribution in [0.3, 0.4) is 0 Å². The van der Waals surface area contributed by atoms with E-state index in [1.165, 1.54) is 22.5 Å². The molecule has 112 valence electrons. The maximum absolute atomic E-state index is 13.2. The molecule has 0 aromatic heterocycles. The van der Waals surface area contributed by atoms with Gasteiger partial charge in [0, 0.05) is 19.1 Å². The molecule has 2 rings (SSSR count). The van der Waals surface area contributed by atoms with Gasteiger partial charge in [-0.05, 0) is 43.5 Å². The highest BCUT2D eigenvalue weighted by Gasteiger charge is 2.32.